The molecule has 6 heteroatoms. The SMILES string of the molecule is COCCNC(=O)CNc1ccnc(F)c1. The van der Waals surface area contributed by atoms with Crippen LogP contribution in [0.3, 0.4) is 0 Å². The highest BCUT2D eigenvalue weighted by Crippen LogP contribution is 2.05. The normalized spacial score (nSPS) is 9.88. The van der Waals surface area contributed by atoms with Gasteiger partial charge in [-0.05, 0) is 6.07 Å². The van der Waals surface area contributed by atoms with Crippen molar-refractivity contribution < 1.29 is 13.9 Å². The lowest BCUT2D eigenvalue weighted by molar-refractivity contribution is -0.119. The van der Waals surface area contributed by atoms with Crippen LogP contribution in [-0.2, 0) is 9.53 Å². The summed E-state index contributed by atoms with van der Waals surface area (Å²) in [6, 6.07) is 2.81. The van der Waals surface area contributed by atoms with Gasteiger partial charge in [0.1, 0.15) is 0 Å². The smallest absolute Gasteiger partial charge is 0.239 e. The summed E-state index contributed by atoms with van der Waals surface area (Å²) in [6.45, 7) is 1.02. The summed E-state index contributed by atoms with van der Waals surface area (Å²) < 4.78 is 17.4. The van der Waals surface area contributed by atoms with Crippen molar-refractivity contribution in [3.63, 3.8) is 0 Å². The highest BCUT2D eigenvalue weighted by atomic mass is 19.1. The third-order valence-electron chi connectivity index (χ3n) is 1.81. The van der Waals surface area contributed by atoms with Gasteiger partial charge in [0, 0.05) is 31.6 Å². The number of carbonyl (C=O) groups excluding carboxylic acids is 1. The van der Waals surface area contributed by atoms with Crippen LogP contribution in [0.15, 0.2) is 18.3 Å². The predicted octanol–water partition coefficient (Wildman–Crippen LogP) is 0.395. The standard InChI is InChI=1S/C10H14FN3O2/c1-16-5-4-13-10(15)7-14-8-2-3-12-9(11)6-8/h2-3,6H,4-5,7H2,1H3,(H,12,14)(H,13,15). The largest absolute Gasteiger partial charge is 0.383 e. The number of ether oxygens (including phenoxy) is 1. The number of nitrogens with zero attached hydrogens (tertiary/aromatic N) is 1. The molecule has 2 N–H and O–H groups in total. The summed E-state index contributed by atoms with van der Waals surface area (Å²) in [5, 5.41) is 5.41. The molecule has 0 aromatic carbocycles. The topological polar surface area (TPSA) is 63.2 Å². The van der Waals surface area contributed by atoms with Crippen LogP contribution in [0, 0.1) is 5.95 Å². The maximum absolute atomic E-state index is 12.7. The van der Waals surface area contributed by atoms with Crippen molar-refractivity contribution in [3.8, 4) is 0 Å². The molecule has 0 saturated heterocycles. The van der Waals surface area contributed by atoms with Crippen LogP contribution in [0.5, 0.6) is 0 Å². The van der Waals surface area contributed by atoms with Crippen LogP contribution in [0.25, 0.3) is 0 Å². The summed E-state index contributed by atoms with van der Waals surface area (Å²) in [4.78, 5) is 14.6. The molecule has 0 aliphatic heterocycles. The number of pyridine rings is 1. The number of anilines is 1. The third-order valence-corrected chi connectivity index (χ3v) is 1.81. The van der Waals surface area contributed by atoms with Crippen molar-refractivity contribution in [2.24, 2.45) is 0 Å². The summed E-state index contributed by atoms with van der Waals surface area (Å²) in [5.41, 5.74) is 0.523. The second kappa shape index (κ2) is 6.73. The second-order valence-electron chi connectivity index (χ2n) is 3.06. The number of methoxy groups -OCH3 is 1. The lowest BCUT2D eigenvalue weighted by atomic mass is 10.4. The average molecular weight is 227 g/mol. The lowest BCUT2D eigenvalue weighted by Crippen LogP contribution is -2.32. The van der Waals surface area contributed by atoms with E-state index in [1.54, 1.807) is 13.2 Å². The third kappa shape index (κ3) is 4.70. The van der Waals surface area contributed by atoms with Gasteiger partial charge in [-0.1, -0.05) is 0 Å². The molecule has 0 aliphatic rings. The molecule has 16 heavy (non-hydrogen) atoms. The first-order valence-electron chi connectivity index (χ1n) is 4.83. The van der Waals surface area contributed by atoms with Crippen molar-refractivity contribution in [1.29, 1.82) is 0 Å². The molecule has 1 heterocycles. The first kappa shape index (κ1) is 12.4. The number of aromatic nitrogens is 1. The Balaban J connectivity index is 2.26. The maximum Gasteiger partial charge on any atom is 0.239 e. The van der Waals surface area contributed by atoms with Crippen molar-refractivity contribution >= 4 is 11.6 Å². The van der Waals surface area contributed by atoms with Crippen molar-refractivity contribution in [1.82, 2.24) is 10.3 Å². The molecule has 1 amide bonds. The van der Waals surface area contributed by atoms with E-state index in [-0.39, 0.29) is 12.5 Å². The van der Waals surface area contributed by atoms with E-state index in [4.69, 9.17) is 4.74 Å². The zero-order chi connectivity index (χ0) is 11.8. The van der Waals surface area contributed by atoms with Gasteiger partial charge in [-0.25, -0.2) is 4.98 Å². The molecule has 0 saturated carbocycles. The summed E-state index contributed by atoms with van der Waals surface area (Å²) in [6.07, 6.45) is 1.33. The van der Waals surface area contributed by atoms with Crippen molar-refractivity contribution in [2.45, 2.75) is 0 Å². The van der Waals surface area contributed by atoms with E-state index in [0.717, 1.165) is 0 Å². The summed E-state index contributed by atoms with van der Waals surface area (Å²) in [7, 11) is 1.56. The van der Waals surface area contributed by atoms with Gasteiger partial charge >= 0.3 is 0 Å². The number of carbonyl (C=O) groups is 1. The Morgan fingerprint density at radius 3 is 3.12 bits per heavy atom. The number of nitrogens with one attached hydrogen (secondary N) is 2. The predicted molar refractivity (Wildman–Crippen MR) is 57.6 cm³/mol. The van der Waals surface area contributed by atoms with E-state index in [1.165, 1.54) is 12.3 Å². The lowest BCUT2D eigenvalue weighted by Gasteiger charge is -2.06. The van der Waals surface area contributed by atoms with Gasteiger partial charge in [-0.2, -0.15) is 4.39 Å². The Labute approximate surface area is 93.0 Å². The first-order chi connectivity index (χ1) is 7.72. The van der Waals surface area contributed by atoms with Gasteiger partial charge < -0.3 is 15.4 Å². The molecule has 0 atom stereocenters. The number of rotatable bonds is 6. The number of hydrogen-bond acceptors (Lipinski definition) is 4. The fraction of sp³-hybridized carbons (Fsp3) is 0.400. The highest BCUT2D eigenvalue weighted by molar-refractivity contribution is 5.80. The Morgan fingerprint density at radius 1 is 1.62 bits per heavy atom. The Hall–Kier alpha value is -1.69. The van der Waals surface area contributed by atoms with E-state index in [0.29, 0.717) is 18.8 Å². The van der Waals surface area contributed by atoms with Crippen LogP contribution in [-0.4, -0.2) is 37.7 Å². The van der Waals surface area contributed by atoms with Gasteiger partial charge in [-0.3, -0.25) is 4.79 Å². The zero-order valence-electron chi connectivity index (χ0n) is 9.00. The van der Waals surface area contributed by atoms with Gasteiger partial charge in [0.25, 0.3) is 0 Å². The van der Waals surface area contributed by atoms with Crippen molar-refractivity contribution in [2.75, 3.05) is 32.1 Å². The Bertz CT molecular complexity index is 347. The fourth-order valence-corrected chi connectivity index (χ4v) is 1.05. The second-order valence-corrected chi connectivity index (χ2v) is 3.06. The molecular weight excluding hydrogens is 213 g/mol. The fourth-order valence-electron chi connectivity index (χ4n) is 1.05. The van der Waals surface area contributed by atoms with Crippen LogP contribution in [0.2, 0.25) is 0 Å². The molecule has 1 aromatic rings. The maximum atomic E-state index is 12.7. The minimum absolute atomic E-state index is 0.0904. The van der Waals surface area contributed by atoms with Crippen LogP contribution in [0.1, 0.15) is 0 Å². The molecule has 5 nitrogen and oxygen atoms in total. The minimum Gasteiger partial charge on any atom is -0.383 e. The van der Waals surface area contributed by atoms with Crippen LogP contribution in [0.4, 0.5) is 10.1 Å². The first-order valence-corrected chi connectivity index (χ1v) is 4.83. The molecule has 0 radical (unpaired) electrons. The van der Waals surface area contributed by atoms with E-state index in [1.807, 2.05) is 0 Å². The van der Waals surface area contributed by atoms with Crippen LogP contribution < -0.4 is 10.6 Å². The van der Waals surface area contributed by atoms with E-state index >= 15 is 0 Å². The van der Waals surface area contributed by atoms with E-state index in [9.17, 15) is 9.18 Å². The van der Waals surface area contributed by atoms with Gasteiger partial charge in [0.15, 0.2) is 0 Å². The van der Waals surface area contributed by atoms with Gasteiger partial charge in [0.2, 0.25) is 11.9 Å². The quantitative estimate of drug-likeness (QED) is 0.545. The molecule has 0 unspecified atom stereocenters. The van der Waals surface area contributed by atoms with Crippen LogP contribution >= 0.6 is 0 Å². The van der Waals surface area contributed by atoms with Crippen molar-refractivity contribution in [3.05, 3.63) is 24.3 Å². The molecule has 88 valence electrons. The minimum atomic E-state index is -0.579. The molecule has 0 fully saturated rings. The molecule has 1 rings (SSSR count). The summed E-state index contributed by atoms with van der Waals surface area (Å²) in [5.74, 6) is -0.751. The summed E-state index contributed by atoms with van der Waals surface area (Å²) >= 11 is 0. The molecular formula is C10H14FN3O2. The number of hydrogen-bond donors (Lipinski definition) is 2. The molecule has 0 spiro atoms. The monoisotopic (exact) mass is 227 g/mol. The highest BCUT2D eigenvalue weighted by Gasteiger charge is 2.00. The Kier molecular flexibility index (Phi) is 5.21. The average Bonchev–Trinajstić information content (AvgIpc) is 2.27. The van der Waals surface area contributed by atoms with E-state index in [2.05, 4.69) is 15.6 Å². The molecule has 1 aromatic heterocycles. The van der Waals surface area contributed by atoms with Gasteiger partial charge in [-0.15, -0.1) is 0 Å². The van der Waals surface area contributed by atoms with E-state index < -0.39 is 5.95 Å². The molecule has 0 bridgehead atoms. The number of amides is 1. The zero-order valence-corrected chi connectivity index (χ0v) is 9.00. The molecule has 0 aliphatic carbocycles. The van der Waals surface area contributed by atoms with Gasteiger partial charge in [0.05, 0.1) is 13.2 Å². The Morgan fingerprint density at radius 2 is 2.44 bits per heavy atom. The number of halogens is 1.